The Hall–Kier alpha value is -7.51. The number of hydrazone groups is 1. The number of carbonyl (C=O) groups excluding carboxylic acids is 2. The highest BCUT2D eigenvalue weighted by Gasteiger charge is 2.20. The number of nitrogens with one attached hydrogen (secondary N) is 1. The molecule has 0 aliphatic heterocycles. The third-order valence-corrected chi connectivity index (χ3v) is 9.56. The first kappa shape index (κ1) is 35.5. The van der Waals surface area contributed by atoms with Crippen LogP contribution in [0.3, 0.4) is 0 Å². The van der Waals surface area contributed by atoms with Crippen molar-refractivity contribution in [1.29, 1.82) is 0 Å². The molecule has 0 fully saturated rings. The Bertz CT molecular complexity index is 2550. The summed E-state index contributed by atoms with van der Waals surface area (Å²) in [4.78, 5) is 26.0. The fraction of sp³-hybridized carbons (Fsp3) is 0.0408. The number of ether oxygens (including phenoxy) is 1. The lowest BCUT2D eigenvalue weighted by molar-refractivity contribution is 0.0526. The van der Waals surface area contributed by atoms with E-state index in [1.807, 2.05) is 121 Å². The van der Waals surface area contributed by atoms with Crippen molar-refractivity contribution in [3.63, 3.8) is 0 Å². The maximum Gasteiger partial charge on any atom is 0.338 e. The highest BCUT2D eigenvalue weighted by atomic mass is 16.5. The van der Waals surface area contributed by atoms with E-state index in [4.69, 9.17) is 4.74 Å². The first-order valence-corrected chi connectivity index (χ1v) is 18.5. The number of benzene rings is 6. The summed E-state index contributed by atoms with van der Waals surface area (Å²) in [6, 6.07) is 62.0. The highest BCUT2D eigenvalue weighted by molar-refractivity contribution is 5.97. The fourth-order valence-corrected chi connectivity index (χ4v) is 6.94. The normalized spacial score (nSPS) is 11.1. The van der Waals surface area contributed by atoms with Crippen LogP contribution < -0.4 is 5.43 Å². The van der Waals surface area contributed by atoms with E-state index in [0.29, 0.717) is 17.7 Å². The largest absolute Gasteiger partial charge is 0.462 e. The molecule has 8 aromatic rings. The molecule has 0 unspecified atom stereocenters. The van der Waals surface area contributed by atoms with E-state index >= 15 is 0 Å². The lowest BCUT2D eigenvalue weighted by Crippen LogP contribution is -2.17. The summed E-state index contributed by atoms with van der Waals surface area (Å²) >= 11 is 0. The molecule has 7 nitrogen and oxygen atoms in total. The predicted molar refractivity (Wildman–Crippen MR) is 224 cm³/mol. The van der Waals surface area contributed by atoms with Crippen molar-refractivity contribution in [2.45, 2.75) is 6.92 Å². The van der Waals surface area contributed by atoms with Crippen LogP contribution in [0.5, 0.6) is 0 Å². The molecule has 0 spiro atoms. The van der Waals surface area contributed by atoms with Gasteiger partial charge in [-0.25, -0.2) is 10.2 Å². The zero-order chi connectivity index (χ0) is 38.3. The average Bonchev–Trinajstić information content (AvgIpc) is 3.88. The number of hydrogen-bond donors (Lipinski definition) is 1. The summed E-state index contributed by atoms with van der Waals surface area (Å²) in [6.07, 6.45) is 1.68. The molecule has 8 rings (SSSR count). The van der Waals surface area contributed by atoms with Gasteiger partial charge in [0.15, 0.2) is 0 Å². The Balaban J connectivity index is 1.12. The standard InChI is InChI=1S/C49H38N4O3/c1-2-56-49(55)40-25-29-43(30-26-40)53-46(37-19-11-5-12-20-37)33-41(47(53)38-21-13-6-14-22-38)34-50-51-48(54)39-23-27-42(28-24-39)52-44(35-15-7-3-8-16-35)31-32-45(52)36-17-9-4-10-18-36/h3-34H,2H2,1H3,(H,51,54)/b50-34-. The molecule has 272 valence electrons. The van der Waals surface area contributed by atoms with E-state index in [1.54, 1.807) is 25.3 Å². The molecule has 0 atom stereocenters. The molecule has 2 aromatic heterocycles. The van der Waals surface area contributed by atoms with Crippen molar-refractivity contribution in [2.24, 2.45) is 5.10 Å². The second-order valence-electron chi connectivity index (χ2n) is 13.1. The molecular formula is C49H38N4O3. The van der Waals surface area contributed by atoms with E-state index in [0.717, 1.165) is 62.0 Å². The van der Waals surface area contributed by atoms with Crippen molar-refractivity contribution < 1.29 is 14.3 Å². The lowest BCUT2D eigenvalue weighted by Gasteiger charge is -2.15. The van der Waals surface area contributed by atoms with Crippen LogP contribution in [0.2, 0.25) is 0 Å². The number of carbonyl (C=O) groups is 2. The minimum absolute atomic E-state index is 0.304. The number of rotatable bonds is 11. The second-order valence-corrected chi connectivity index (χ2v) is 13.1. The van der Waals surface area contributed by atoms with Gasteiger partial charge in [0.25, 0.3) is 5.91 Å². The molecular weight excluding hydrogens is 693 g/mol. The Morgan fingerprint density at radius 2 is 0.982 bits per heavy atom. The molecule has 2 heterocycles. The topological polar surface area (TPSA) is 77.6 Å². The average molecular weight is 731 g/mol. The minimum Gasteiger partial charge on any atom is -0.462 e. The first-order valence-electron chi connectivity index (χ1n) is 18.5. The van der Waals surface area contributed by atoms with Crippen LogP contribution in [0, 0.1) is 0 Å². The van der Waals surface area contributed by atoms with Crippen molar-refractivity contribution in [3.8, 4) is 56.4 Å². The van der Waals surface area contributed by atoms with Gasteiger partial charge in [-0.2, -0.15) is 5.10 Å². The van der Waals surface area contributed by atoms with Crippen LogP contribution in [-0.2, 0) is 4.74 Å². The third-order valence-electron chi connectivity index (χ3n) is 9.56. The predicted octanol–water partition coefficient (Wildman–Crippen LogP) is 10.9. The summed E-state index contributed by atoms with van der Waals surface area (Å²) in [6.45, 7) is 2.09. The maximum absolute atomic E-state index is 13.5. The molecule has 0 saturated carbocycles. The molecule has 0 aliphatic carbocycles. The monoisotopic (exact) mass is 730 g/mol. The fourth-order valence-electron chi connectivity index (χ4n) is 6.94. The van der Waals surface area contributed by atoms with E-state index < -0.39 is 0 Å². The van der Waals surface area contributed by atoms with Crippen LogP contribution in [0.1, 0.15) is 33.2 Å². The van der Waals surface area contributed by atoms with Crippen LogP contribution in [0.25, 0.3) is 56.4 Å². The Morgan fingerprint density at radius 3 is 1.48 bits per heavy atom. The van der Waals surface area contributed by atoms with Gasteiger partial charge in [0.05, 0.1) is 41.2 Å². The lowest BCUT2D eigenvalue weighted by atomic mass is 10.1. The van der Waals surface area contributed by atoms with Crippen molar-refractivity contribution >= 4 is 18.1 Å². The van der Waals surface area contributed by atoms with E-state index in [1.165, 1.54) is 0 Å². The van der Waals surface area contributed by atoms with Crippen LogP contribution in [0.4, 0.5) is 0 Å². The van der Waals surface area contributed by atoms with Crippen LogP contribution >= 0.6 is 0 Å². The van der Waals surface area contributed by atoms with Gasteiger partial charge in [0.1, 0.15) is 0 Å². The summed E-state index contributed by atoms with van der Waals surface area (Å²) in [5.74, 6) is -0.694. The Morgan fingerprint density at radius 1 is 0.536 bits per heavy atom. The van der Waals surface area contributed by atoms with Crippen LogP contribution in [-0.4, -0.2) is 33.8 Å². The number of hydrogen-bond acceptors (Lipinski definition) is 4. The smallest absolute Gasteiger partial charge is 0.338 e. The van der Waals surface area contributed by atoms with E-state index in [-0.39, 0.29) is 11.9 Å². The third kappa shape index (κ3) is 7.34. The quantitative estimate of drug-likeness (QED) is 0.0818. The van der Waals surface area contributed by atoms with Gasteiger partial charge in [-0.15, -0.1) is 0 Å². The number of esters is 1. The molecule has 0 radical (unpaired) electrons. The Kier molecular flexibility index (Phi) is 10.3. The summed E-state index contributed by atoms with van der Waals surface area (Å²) < 4.78 is 9.59. The highest BCUT2D eigenvalue weighted by Crippen LogP contribution is 2.36. The molecule has 0 aliphatic rings. The van der Waals surface area contributed by atoms with Gasteiger partial charge in [-0.3, -0.25) is 4.79 Å². The maximum atomic E-state index is 13.5. The Labute approximate surface area is 325 Å². The summed E-state index contributed by atoms with van der Waals surface area (Å²) in [5.41, 5.74) is 14.4. The molecule has 7 heteroatoms. The van der Waals surface area contributed by atoms with Gasteiger partial charge >= 0.3 is 5.97 Å². The van der Waals surface area contributed by atoms with Gasteiger partial charge in [0, 0.05) is 22.5 Å². The molecule has 1 N–H and O–H groups in total. The molecule has 6 aromatic carbocycles. The first-order chi connectivity index (χ1) is 27.6. The SMILES string of the molecule is CCOC(=O)c1ccc(-n2c(-c3ccccc3)cc(/C=N\NC(=O)c3ccc(-n4c(-c5ccccc5)ccc4-c4ccccc4)cc3)c2-c2ccccc2)cc1. The zero-order valence-corrected chi connectivity index (χ0v) is 30.7. The number of nitrogens with zero attached hydrogens (tertiary/aromatic N) is 3. The van der Waals surface area contributed by atoms with Crippen molar-refractivity contribution in [1.82, 2.24) is 14.6 Å². The van der Waals surface area contributed by atoms with Crippen molar-refractivity contribution in [3.05, 3.63) is 205 Å². The molecule has 0 saturated heterocycles. The summed E-state index contributed by atoms with van der Waals surface area (Å²) in [7, 11) is 0. The van der Waals surface area contributed by atoms with Gasteiger partial charge in [-0.05, 0) is 95.9 Å². The van der Waals surface area contributed by atoms with Crippen molar-refractivity contribution in [2.75, 3.05) is 6.61 Å². The summed E-state index contributed by atoms with van der Waals surface area (Å²) in [5, 5.41) is 4.48. The molecule has 1 amide bonds. The van der Waals surface area contributed by atoms with Gasteiger partial charge in [-0.1, -0.05) is 121 Å². The van der Waals surface area contributed by atoms with Crippen LogP contribution in [0.15, 0.2) is 193 Å². The van der Waals surface area contributed by atoms with E-state index in [9.17, 15) is 9.59 Å². The molecule has 0 bridgehead atoms. The second kappa shape index (κ2) is 16.2. The zero-order valence-electron chi connectivity index (χ0n) is 30.7. The minimum atomic E-state index is -0.366. The van der Waals surface area contributed by atoms with E-state index in [2.05, 4.69) is 74.3 Å². The number of aromatic nitrogens is 2. The van der Waals surface area contributed by atoms with Gasteiger partial charge < -0.3 is 13.9 Å². The number of amides is 1. The van der Waals surface area contributed by atoms with Gasteiger partial charge in [0.2, 0.25) is 0 Å². The molecule has 56 heavy (non-hydrogen) atoms.